The van der Waals surface area contributed by atoms with Crippen molar-refractivity contribution in [1.82, 2.24) is 0 Å². The quantitative estimate of drug-likeness (QED) is 0.293. The molecule has 0 N–H and O–H groups in total. The van der Waals surface area contributed by atoms with Crippen LogP contribution in [0, 0.1) is 0 Å². The molecule has 0 rings (SSSR count). The molecule has 0 fully saturated rings. The molecule has 0 bridgehead atoms. The number of rotatable bonds is 3. The zero-order valence-electron chi connectivity index (χ0n) is 10.2. The zero-order chi connectivity index (χ0) is 21.4. The van der Waals surface area contributed by atoms with E-state index in [0.29, 0.717) is 0 Å². The third-order valence-corrected chi connectivity index (χ3v) is 13.0. The second-order valence-electron chi connectivity index (χ2n) is 4.07. The van der Waals surface area contributed by atoms with Crippen LogP contribution in [0.3, 0.4) is 0 Å². The van der Waals surface area contributed by atoms with Crippen LogP contribution in [0.1, 0.15) is 0 Å². The topological polar surface area (TPSA) is 0 Å². The van der Waals surface area contributed by atoms with E-state index in [9.17, 15) is 74.4 Å². The minimum atomic E-state index is -15.8. The standard InChI is InChI=1S/C6F18I/c7-1(8,9)4(16,17)25(22,23,24,5(18,19)2(10,11)12)6(20,21)3(13,14)15/q+1. The van der Waals surface area contributed by atoms with E-state index in [1.165, 1.54) is 0 Å². The third kappa shape index (κ3) is 2.12. The molecule has 0 radical (unpaired) electrons. The number of hydrogen-bond acceptors (Lipinski definition) is 0. The molecule has 0 aliphatic rings. The number of hydrogen-bond donors (Lipinski definition) is 0. The molecule has 19 heteroatoms. The van der Waals surface area contributed by atoms with Crippen molar-refractivity contribution < 1.29 is 91.8 Å². The Bertz CT molecular complexity index is 468. The van der Waals surface area contributed by atoms with Crippen LogP contribution >= 0.6 is 0 Å². The Morgan fingerprint density at radius 2 is 0.440 bits per heavy atom. The van der Waals surface area contributed by atoms with Crippen LogP contribution in [0.15, 0.2) is 0 Å². The molecule has 0 unspecified atom stereocenters. The summed E-state index contributed by atoms with van der Waals surface area (Å²) in [6.45, 7) is 0. The van der Waals surface area contributed by atoms with Gasteiger partial charge in [-0.25, -0.2) is 0 Å². The maximum atomic E-state index is 13.4. The van der Waals surface area contributed by atoms with Crippen molar-refractivity contribution >= 4 is 0 Å². The van der Waals surface area contributed by atoms with E-state index < -0.39 is 47.7 Å². The molecule has 0 aliphatic carbocycles. The summed E-state index contributed by atoms with van der Waals surface area (Å²) in [7, 11) is 0. The second kappa shape index (κ2) is 4.65. The van der Waals surface area contributed by atoms with Gasteiger partial charge in [-0.05, 0) is 0 Å². The Morgan fingerprint density at radius 3 is 0.520 bits per heavy atom. The van der Waals surface area contributed by atoms with Crippen molar-refractivity contribution in [2.75, 3.05) is 0 Å². The minimum absolute atomic E-state index is 8.68. The predicted molar refractivity (Wildman–Crippen MR) is 36.3 cm³/mol. The van der Waals surface area contributed by atoms with Crippen LogP contribution < -0.4 is 17.4 Å². The van der Waals surface area contributed by atoms with Gasteiger partial charge in [0.1, 0.15) is 0 Å². The molecule has 0 aromatic rings. The van der Waals surface area contributed by atoms with Crippen molar-refractivity contribution in [1.29, 1.82) is 0 Å². The Balaban J connectivity index is 7.87. The summed E-state index contributed by atoms with van der Waals surface area (Å²) >= 11 is -15.8. The Hall–Kier alpha value is -0.530. The van der Waals surface area contributed by atoms with Gasteiger partial charge in [0.05, 0.1) is 0 Å². The van der Waals surface area contributed by atoms with E-state index >= 15 is 0 Å². The van der Waals surface area contributed by atoms with E-state index in [0.717, 1.165) is 0 Å². The van der Waals surface area contributed by atoms with Gasteiger partial charge in [0.2, 0.25) is 0 Å². The third-order valence-electron chi connectivity index (χ3n) is 2.48. The molecule has 0 saturated carbocycles. The molecule has 0 aromatic heterocycles. The first kappa shape index (κ1) is 24.5. The van der Waals surface area contributed by atoms with E-state index in [4.69, 9.17) is 0 Å². The van der Waals surface area contributed by atoms with Gasteiger partial charge in [-0.1, -0.05) is 0 Å². The average molecular weight is 541 g/mol. The zero-order valence-corrected chi connectivity index (χ0v) is 12.3. The first-order valence-corrected chi connectivity index (χ1v) is 10.3. The van der Waals surface area contributed by atoms with Crippen molar-refractivity contribution in [3.8, 4) is 0 Å². The molecular formula is C6F18I+. The number of halogens is 19. The summed E-state index contributed by atoms with van der Waals surface area (Å²) in [6.07, 6.45) is -26.1. The van der Waals surface area contributed by atoms with Crippen LogP contribution in [0.4, 0.5) is 74.4 Å². The predicted octanol–water partition coefficient (Wildman–Crippen LogP) is 3.34. The molecule has 156 valence electrons. The van der Waals surface area contributed by atoms with Gasteiger partial charge in [-0.2, -0.15) is 0 Å². The summed E-state index contributed by atoms with van der Waals surface area (Å²) in [6, 6.07) is 0. The van der Waals surface area contributed by atoms with Crippen LogP contribution in [0.25, 0.3) is 0 Å². The van der Waals surface area contributed by atoms with Crippen LogP contribution in [-0.2, 0) is 0 Å². The van der Waals surface area contributed by atoms with Gasteiger partial charge < -0.3 is 0 Å². The monoisotopic (exact) mass is 541 g/mol. The van der Waals surface area contributed by atoms with Crippen LogP contribution in [0.2, 0.25) is 0 Å². The van der Waals surface area contributed by atoms with Gasteiger partial charge >= 0.3 is 122 Å². The molecule has 0 heterocycles. The summed E-state index contributed by atoms with van der Waals surface area (Å²) in [4.78, 5) is 0. The average Bonchev–Trinajstić information content (AvgIpc) is 2.23. The molecule has 0 spiro atoms. The summed E-state index contributed by atoms with van der Waals surface area (Å²) in [5.74, 6) is 0. The first-order chi connectivity index (χ1) is 10.1. The van der Waals surface area contributed by atoms with Crippen LogP contribution in [0.5, 0.6) is 0 Å². The Labute approximate surface area is 123 Å². The van der Waals surface area contributed by atoms with E-state index in [1.54, 1.807) is 0 Å². The summed E-state index contributed by atoms with van der Waals surface area (Å²) in [5.41, 5.74) is 0. The molecule has 0 atom stereocenters. The van der Waals surface area contributed by atoms with Gasteiger partial charge in [-0.15, -0.1) is 0 Å². The van der Waals surface area contributed by atoms with Gasteiger partial charge in [-0.3, -0.25) is 0 Å². The fraction of sp³-hybridized carbons (Fsp3) is 1.00. The fourth-order valence-electron chi connectivity index (χ4n) is 1.13. The van der Waals surface area contributed by atoms with Crippen molar-refractivity contribution in [2.45, 2.75) is 30.3 Å². The Morgan fingerprint density at radius 1 is 0.320 bits per heavy atom. The fourth-order valence-corrected chi connectivity index (χ4v) is 7.60. The van der Waals surface area contributed by atoms with E-state index in [2.05, 4.69) is 0 Å². The van der Waals surface area contributed by atoms with Crippen molar-refractivity contribution in [3.05, 3.63) is 0 Å². The van der Waals surface area contributed by atoms with Gasteiger partial charge in [0, 0.05) is 0 Å². The molecular weight excluding hydrogens is 541 g/mol. The first-order valence-electron chi connectivity index (χ1n) is 4.58. The summed E-state index contributed by atoms with van der Waals surface area (Å²) in [5, 5.41) is 0. The van der Waals surface area contributed by atoms with Crippen molar-refractivity contribution in [2.24, 2.45) is 0 Å². The second-order valence-corrected chi connectivity index (χ2v) is 14.4. The van der Waals surface area contributed by atoms with Crippen molar-refractivity contribution in [3.63, 3.8) is 0 Å². The molecule has 25 heavy (non-hydrogen) atoms. The SMILES string of the molecule is FC(F)(F)C(F)(F)[I+](F)(F)(F)(C(F)(F)C(F)(F)F)C(F)(F)C(F)(F)F. The van der Waals surface area contributed by atoms with Gasteiger partial charge in [0.15, 0.2) is 0 Å². The molecule has 0 aromatic carbocycles. The summed E-state index contributed by atoms with van der Waals surface area (Å²) < 4.78 is 194. The van der Waals surface area contributed by atoms with E-state index in [-0.39, 0.29) is 0 Å². The maximum absolute atomic E-state index is 15.8. The Kier molecular flexibility index (Phi) is 4.55. The molecule has 0 nitrogen and oxygen atoms in total. The van der Waals surface area contributed by atoms with E-state index in [1.807, 2.05) is 0 Å². The number of alkyl halides is 18. The van der Waals surface area contributed by atoms with Gasteiger partial charge in [0.25, 0.3) is 0 Å². The van der Waals surface area contributed by atoms with Crippen LogP contribution in [-0.4, -0.2) is 30.3 Å². The molecule has 0 aliphatic heterocycles. The normalized spacial score (nSPS) is 19.4. The molecule has 0 amide bonds. The molecule has 0 saturated heterocycles.